The van der Waals surface area contributed by atoms with Gasteiger partial charge < -0.3 is 10.1 Å². The summed E-state index contributed by atoms with van der Waals surface area (Å²) >= 11 is 0. The van der Waals surface area contributed by atoms with Gasteiger partial charge in [-0.05, 0) is 85.3 Å². The molecule has 176 valence electrons. The molecule has 0 bridgehead atoms. The highest BCUT2D eigenvalue weighted by Crippen LogP contribution is 2.23. The minimum absolute atomic E-state index is 0.173. The van der Waals surface area contributed by atoms with Crippen LogP contribution < -0.4 is 10.1 Å². The van der Waals surface area contributed by atoms with Crippen LogP contribution in [0.5, 0.6) is 5.75 Å². The molecule has 0 aliphatic rings. The van der Waals surface area contributed by atoms with Crippen LogP contribution in [0.3, 0.4) is 0 Å². The minimum Gasteiger partial charge on any atom is -0.493 e. The molecule has 4 rings (SSSR count). The normalized spacial score (nSPS) is 11.2. The zero-order valence-corrected chi connectivity index (χ0v) is 20.3. The van der Waals surface area contributed by atoms with Crippen LogP contribution in [0.4, 0.5) is 5.69 Å². The Bertz CT molecular complexity index is 1260. The van der Waals surface area contributed by atoms with Crippen LogP contribution in [0.25, 0.3) is 16.7 Å². The highest BCUT2D eigenvalue weighted by molar-refractivity contribution is 6.05. The number of carbonyl (C=O) groups excluding carboxylic acids is 1. The summed E-state index contributed by atoms with van der Waals surface area (Å²) in [7, 11) is 0. The maximum absolute atomic E-state index is 12.8. The number of amides is 1. The van der Waals surface area contributed by atoms with Gasteiger partial charge in [0, 0.05) is 11.3 Å². The number of rotatable bonds is 9. The van der Waals surface area contributed by atoms with Crippen molar-refractivity contribution in [3.63, 3.8) is 0 Å². The van der Waals surface area contributed by atoms with E-state index in [1.165, 1.54) is 18.4 Å². The fraction of sp³-hybridized carbons (Fsp3) is 0.321. The highest BCUT2D eigenvalue weighted by Gasteiger charge is 2.12. The number of nitrogens with one attached hydrogen (secondary N) is 1. The first kappa shape index (κ1) is 23.5. The van der Waals surface area contributed by atoms with Gasteiger partial charge >= 0.3 is 0 Å². The molecule has 34 heavy (non-hydrogen) atoms. The van der Waals surface area contributed by atoms with E-state index in [1.807, 2.05) is 43.3 Å². The average molecular weight is 457 g/mol. The maximum Gasteiger partial charge on any atom is 0.255 e. The van der Waals surface area contributed by atoms with E-state index in [0.29, 0.717) is 18.1 Å². The van der Waals surface area contributed by atoms with Crippen LogP contribution in [0.2, 0.25) is 0 Å². The predicted octanol–water partition coefficient (Wildman–Crippen LogP) is 6.36. The molecule has 0 fully saturated rings. The summed E-state index contributed by atoms with van der Waals surface area (Å²) in [6.45, 7) is 9.01. The topological polar surface area (TPSA) is 69.0 Å². The van der Waals surface area contributed by atoms with Crippen LogP contribution >= 0.6 is 0 Å². The third kappa shape index (κ3) is 5.63. The SMILES string of the molecule is CCCCc1ccc(-n2nc3cc(C)c(NC(=O)c4ccc(OCC(C)C)cc4)cc3n2)cc1. The smallest absolute Gasteiger partial charge is 0.255 e. The lowest BCUT2D eigenvalue weighted by molar-refractivity contribution is 0.102. The lowest BCUT2D eigenvalue weighted by Crippen LogP contribution is -2.13. The third-order valence-corrected chi connectivity index (χ3v) is 5.66. The second-order valence-electron chi connectivity index (χ2n) is 9.10. The molecule has 6 heteroatoms. The molecule has 0 aliphatic carbocycles. The molecule has 0 aliphatic heterocycles. The third-order valence-electron chi connectivity index (χ3n) is 5.66. The fourth-order valence-corrected chi connectivity index (χ4v) is 3.65. The molecule has 0 unspecified atom stereocenters. The van der Waals surface area contributed by atoms with Crippen molar-refractivity contribution in [2.24, 2.45) is 5.92 Å². The number of hydrogen-bond acceptors (Lipinski definition) is 4. The number of aromatic nitrogens is 3. The van der Waals surface area contributed by atoms with Gasteiger partial charge in [-0.15, -0.1) is 10.2 Å². The lowest BCUT2D eigenvalue weighted by Gasteiger charge is -2.10. The van der Waals surface area contributed by atoms with E-state index in [2.05, 4.69) is 48.4 Å². The van der Waals surface area contributed by atoms with E-state index in [0.717, 1.165) is 40.1 Å². The summed E-state index contributed by atoms with van der Waals surface area (Å²) in [5, 5.41) is 12.3. The molecular weight excluding hydrogens is 424 g/mol. The van der Waals surface area contributed by atoms with Crippen molar-refractivity contribution in [3.05, 3.63) is 77.4 Å². The molecule has 0 spiro atoms. The predicted molar refractivity (Wildman–Crippen MR) is 137 cm³/mol. The molecule has 1 N–H and O–H groups in total. The first-order chi connectivity index (χ1) is 16.4. The number of carbonyl (C=O) groups is 1. The molecule has 0 saturated carbocycles. The van der Waals surface area contributed by atoms with Gasteiger partial charge in [0.05, 0.1) is 12.3 Å². The van der Waals surface area contributed by atoms with Gasteiger partial charge in [0.2, 0.25) is 0 Å². The number of aryl methyl sites for hydroxylation is 2. The number of ether oxygens (including phenoxy) is 1. The minimum atomic E-state index is -0.173. The van der Waals surface area contributed by atoms with Crippen molar-refractivity contribution in [2.45, 2.75) is 47.0 Å². The molecule has 1 amide bonds. The standard InChI is InChI=1S/C28H32N4O2/c1-5-6-7-21-8-12-23(13-9-21)32-30-26-16-20(4)25(17-27(26)31-32)29-28(33)22-10-14-24(15-11-22)34-18-19(2)3/h8-17,19H,5-7,18H2,1-4H3,(H,29,33). The zero-order valence-electron chi connectivity index (χ0n) is 20.3. The number of nitrogens with zero attached hydrogens (tertiary/aromatic N) is 3. The number of benzene rings is 3. The molecule has 3 aromatic carbocycles. The molecule has 1 heterocycles. The van der Waals surface area contributed by atoms with E-state index < -0.39 is 0 Å². The maximum atomic E-state index is 12.8. The van der Waals surface area contributed by atoms with E-state index in [9.17, 15) is 4.79 Å². The van der Waals surface area contributed by atoms with Crippen molar-refractivity contribution in [1.29, 1.82) is 0 Å². The second-order valence-corrected chi connectivity index (χ2v) is 9.10. The Hall–Kier alpha value is -3.67. The van der Waals surface area contributed by atoms with Gasteiger partial charge in [0.25, 0.3) is 5.91 Å². The molecular formula is C28H32N4O2. The zero-order chi connectivity index (χ0) is 24.1. The van der Waals surface area contributed by atoms with E-state index in [1.54, 1.807) is 16.9 Å². The molecule has 0 atom stereocenters. The summed E-state index contributed by atoms with van der Waals surface area (Å²) in [4.78, 5) is 14.5. The van der Waals surface area contributed by atoms with Crippen molar-refractivity contribution in [2.75, 3.05) is 11.9 Å². The summed E-state index contributed by atoms with van der Waals surface area (Å²) < 4.78 is 5.70. The number of unbranched alkanes of at least 4 members (excludes halogenated alkanes) is 1. The highest BCUT2D eigenvalue weighted by atomic mass is 16.5. The van der Waals surface area contributed by atoms with Crippen LogP contribution in [0.15, 0.2) is 60.7 Å². The van der Waals surface area contributed by atoms with Gasteiger partial charge in [0.1, 0.15) is 16.8 Å². The Kier molecular flexibility index (Phi) is 7.26. The van der Waals surface area contributed by atoms with E-state index in [4.69, 9.17) is 4.74 Å². The van der Waals surface area contributed by atoms with E-state index in [-0.39, 0.29) is 5.91 Å². The Morgan fingerprint density at radius 3 is 2.32 bits per heavy atom. The summed E-state index contributed by atoms with van der Waals surface area (Å²) in [6.07, 6.45) is 3.46. The van der Waals surface area contributed by atoms with E-state index >= 15 is 0 Å². The average Bonchev–Trinajstić information content (AvgIpc) is 3.24. The van der Waals surface area contributed by atoms with Gasteiger partial charge in [-0.2, -0.15) is 4.80 Å². The van der Waals surface area contributed by atoms with Gasteiger partial charge in [-0.25, -0.2) is 0 Å². The first-order valence-corrected chi connectivity index (χ1v) is 11.9. The largest absolute Gasteiger partial charge is 0.493 e. The van der Waals surface area contributed by atoms with Crippen molar-refractivity contribution >= 4 is 22.6 Å². The summed E-state index contributed by atoms with van der Waals surface area (Å²) in [5.41, 5.74) is 5.98. The van der Waals surface area contributed by atoms with Gasteiger partial charge in [-0.3, -0.25) is 4.79 Å². The summed E-state index contributed by atoms with van der Waals surface area (Å²) in [5.74, 6) is 1.04. The van der Waals surface area contributed by atoms with Crippen LogP contribution in [0.1, 0.15) is 55.1 Å². The van der Waals surface area contributed by atoms with Crippen molar-refractivity contribution in [3.8, 4) is 11.4 Å². The number of anilines is 1. The van der Waals surface area contributed by atoms with Crippen LogP contribution in [-0.2, 0) is 6.42 Å². The van der Waals surface area contributed by atoms with Crippen molar-refractivity contribution < 1.29 is 9.53 Å². The molecule has 1 aromatic heterocycles. The first-order valence-electron chi connectivity index (χ1n) is 11.9. The van der Waals surface area contributed by atoms with Gasteiger partial charge in [-0.1, -0.05) is 39.3 Å². The van der Waals surface area contributed by atoms with Gasteiger partial charge in [0.15, 0.2) is 0 Å². The Balaban J connectivity index is 1.49. The molecule has 0 radical (unpaired) electrons. The second kappa shape index (κ2) is 10.5. The molecule has 6 nitrogen and oxygen atoms in total. The van der Waals surface area contributed by atoms with Crippen molar-refractivity contribution in [1.82, 2.24) is 15.0 Å². The van der Waals surface area contributed by atoms with Crippen LogP contribution in [-0.4, -0.2) is 27.5 Å². The Morgan fingerprint density at radius 1 is 1.00 bits per heavy atom. The Labute approximate surface area is 200 Å². The summed E-state index contributed by atoms with van der Waals surface area (Å²) in [6, 6.07) is 19.4. The lowest BCUT2D eigenvalue weighted by atomic mass is 10.1. The quantitative estimate of drug-likeness (QED) is 0.318. The fourth-order valence-electron chi connectivity index (χ4n) is 3.65. The Morgan fingerprint density at radius 2 is 1.68 bits per heavy atom. The number of hydrogen-bond donors (Lipinski definition) is 1. The monoisotopic (exact) mass is 456 g/mol. The van der Waals surface area contributed by atoms with Crippen LogP contribution in [0, 0.1) is 12.8 Å². The molecule has 4 aromatic rings. The molecule has 0 saturated heterocycles. The number of fused-ring (bicyclic) bond motifs is 1.